The van der Waals surface area contributed by atoms with Gasteiger partial charge in [-0.1, -0.05) is 0 Å². The van der Waals surface area contributed by atoms with Crippen molar-refractivity contribution >= 4 is 34.9 Å². The quantitative estimate of drug-likeness (QED) is 0.727. The number of benzene rings is 1. The second kappa shape index (κ2) is 5.64. The fourth-order valence-corrected chi connectivity index (χ4v) is 3.11. The molecule has 24 heavy (non-hydrogen) atoms. The van der Waals surface area contributed by atoms with Crippen LogP contribution in [-0.4, -0.2) is 43.6 Å². The molecule has 3 aliphatic rings. The van der Waals surface area contributed by atoms with Crippen molar-refractivity contribution in [3.63, 3.8) is 0 Å². The molecule has 3 N–H and O–H groups in total. The van der Waals surface area contributed by atoms with Gasteiger partial charge in [0, 0.05) is 18.7 Å². The summed E-state index contributed by atoms with van der Waals surface area (Å²) >= 11 is 0. The van der Waals surface area contributed by atoms with Crippen LogP contribution in [0.1, 0.15) is 6.92 Å². The summed E-state index contributed by atoms with van der Waals surface area (Å²) in [5.74, 6) is 0.896. The molecule has 2 amide bonds. The van der Waals surface area contributed by atoms with E-state index in [0.717, 1.165) is 27.8 Å². The Labute approximate surface area is 138 Å². The van der Waals surface area contributed by atoms with Gasteiger partial charge in [0.2, 0.25) is 11.7 Å². The van der Waals surface area contributed by atoms with Crippen molar-refractivity contribution in [2.45, 2.75) is 13.0 Å². The first kappa shape index (κ1) is 14.7. The summed E-state index contributed by atoms with van der Waals surface area (Å²) in [7, 11) is 0. The molecule has 124 valence electrons. The molecule has 1 saturated heterocycles. The second-order valence-corrected chi connectivity index (χ2v) is 5.94. The van der Waals surface area contributed by atoms with Crippen LogP contribution >= 0.6 is 0 Å². The van der Waals surface area contributed by atoms with Crippen LogP contribution in [0.25, 0.3) is 0 Å². The minimum absolute atomic E-state index is 0.137. The maximum Gasteiger partial charge on any atom is 0.414 e. The number of amidine groups is 1. The van der Waals surface area contributed by atoms with E-state index in [1.54, 1.807) is 11.1 Å². The molecule has 8 heteroatoms. The molecule has 0 aliphatic carbocycles. The summed E-state index contributed by atoms with van der Waals surface area (Å²) < 4.78 is 5.31. The molecule has 1 aromatic rings. The predicted molar refractivity (Wildman–Crippen MR) is 88.4 cm³/mol. The molecule has 8 nitrogen and oxygen atoms in total. The highest BCUT2D eigenvalue weighted by molar-refractivity contribution is 5.93. The lowest BCUT2D eigenvalue weighted by Crippen LogP contribution is -3.06. The first-order valence-corrected chi connectivity index (χ1v) is 7.83. The average molecular weight is 328 g/mol. The van der Waals surface area contributed by atoms with Gasteiger partial charge in [0.1, 0.15) is 18.8 Å². The second-order valence-electron chi connectivity index (χ2n) is 5.94. The normalized spacial score (nSPS) is 24.0. The van der Waals surface area contributed by atoms with Crippen molar-refractivity contribution in [3.05, 3.63) is 30.6 Å². The van der Waals surface area contributed by atoms with Crippen LogP contribution < -0.4 is 20.4 Å². The number of hydrogen-bond acceptors (Lipinski definition) is 5. The van der Waals surface area contributed by atoms with Crippen molar-refractivity contribution in [2.24, 2.45) is 4.99 Å². The van der Waals surface area contributed by atoms with Gasteiger partial charge in [-0.15, -0.1) is 0 Å². The van der Waals surface area contributed by atoms with E-state index in [2.05, 4.69) is 15.6 Å². The molecule has 2 atom stereocenters. The molecule has 0 aromatic heterocycles. The lowest BCUT2D eigenvalue weighted by molar-refractivity contribution is -0.664. The number of amides is 2. The molecule has 1 fully saturated rings. The van der Waals surface area contributed by atoms with E-state index >= 15 is 0 Å². The third-order valence-electron chi connectivity index (χ3n) is 4.29. The van der Waals surface area contributed by atoms with Crippen LogP contribution in [0.4, 0.5) is 21.9 Å². The van der Waals surface area contributed by atoms with Gasteiger partial charge in [0.15, 0.2) is 5.69 Å². The summed E-state index contributed by atoms with van der Waals surface area (Å²) in [6.07, 6.45) is 3.08. The molecular formula is C16H18N5O3+. The minimum atomic E-state index is -0.392. The van der Waals surface area contributed by atoms with Crippen molar-refractivity contribution in [1.82, 2.24) is 5.32 Å². The van der Waals surface area contributed by atoms with Gasteiger partial charge in [-0.2, -0.15) is 0 Å². The molecule has 0 radical (unpaired) electrons. The molecule has 0 bridgehead atoms. The van der Waals surface area contributed by atoms with Crippen LogP contribution in [0.5, 0.6) is 0 Å². The Balaban J connectivity index is 1.53. The Morgan fingerprint density at radius 3 is 3.25 bits per heavy atom. The third-order valence-corrected chi connectivity index (χ3v) is 4.29. The smallest absolute Gasteiger partial charge is 0.414 e. The molecule has 1 unspecified atom stereocenters. The number of carbonyl (C=O) groups excluding carboxylic acids is 2. The topological polar surface area (TPSA) is 87.5 Å². The number of nitrogens with one attached hydrogen (secondary N) is 3. The number of anilines is 2. The maximum atomic E-state index is 12.1. The zero-order valence-electron chi connectivity index (χ0n) is 13.2. The van der Waals surface area contributed by atoms with Crippen molar-refractivity contribution < 1.29 is 19.2 Å². The predicted octanol–water partition coefficient (Wildman–Crippen LogP) is -0.0269. The van der Waals surface area contributed by atoms with E-state index in [9.17, 15) is 9.59 Å². The SMILES string of the molecule is CC(=O)NC[C@H]1CN(c2ccc3c(c2)NCC2=NC=C[NH+]23)C(=O)O1. The Morgan fingerprint density at radius 2 is 2.42 bits per heavy atom. The number of aliphatic imine (C=N–C) groups is 1. The molecule has 0 spiro atoms. The molecular weight excluding hydrogens is 310 g/mol. The van der Waals surface area contributed by atoms with Gasteiger partial charge in [0.05, 0.1) is 25.0 Å². The zero-order valence-corrected chi connectivity index (χ0v) is 13.2. The van der Waals surface area contributed by atoms with Gasteiger partial charge in [-0.05, 0) is 12.1 Å². The number of quaternary nitrogens is 1. The Bertz CT molecular complexity index is 773. The third kappa shape index (κ3) is 2.50. The largest absolute Gasteiger partial charge is 0.442 e. The minimum Gasteiger partial charge on any atom is -0.442 e. The molecule has 3 aliphatic heterocycles. The Hall–Kier alpha value is -2.87. The number of hydrogen-bond donors (Lipinski definition) is 3. The van der Waals surface area contributed by atoms with Crippen LogP contribution in [0.3, 0.4) is 0 Å². The number of rotatable bonds is 3. The molecule has 1 aromatic carbocycles. The molecule has 0 saturated carbocycles. The lowest BCUT2D eigenvalue weighted by atomic mass is 10.1. The van der Waals surface area contributed by atoms with E-state index in [4.69, 9.17) is 4.74 Å². The van der Waals surface area contributed by atoms with E-state index in [1.807, 2.05) is 24.4 Å². The standard InChI is InChI=1S/C16H17N5O3/c1-10(22)18-7-12-9-21(16(23)24-12)11-2-3-14-13(6-11)19-8-15-17-4-5-20(14)15/h2-6,12,19H,7-9H2,1H3,(H,18,22)/p+1/t12-/m0/s1. The van der Waals surface area contributed by atoms with Crippen molar-refractivity contribution in [1.29, 1.82) is 0 Å². The fraction of sp³-hybridized carbons (Fsp3) is 0.312. The highest BCUT2D eigenvalue weighted by Crippen LogP contribution is 2.29. The van der Waals surface area contributed by atoms with Gasteiger partial charge in [-0.25, -0.2) is 14.7 Å². The van der Waals surface area contributed by atoms with E-state index < -0.39 is 6.09 Å². The number of cyclic esters (lactones) is 1. The highest BCUT2D eigenvalue weighted by Gasteiger charge is 2.34. The number of fused-ring (bicyclic) bond motifs is 3. The van der Waals surface area contributed by atoms with Crippen molar-refractivity contribution in [3.8, 4) is 0 Å². The van der Waals surface area contributed by atoms with Gasteiger partial charge in [0.25, 0.3) is 0 Å². The van der Waals surface area contributed by atoms with Gasteiger partial charge in [-0.3, -0.25) is 9.69 Å². The number of nitrogens with zero attached hydrogens (tertiary/aromatic N) is 2. The average Bonchev–Trinajstić information content (AvgIpc) is 3.18. The Kier molecular flexibility index (Phi) is 3.46. The summed E-state index contributed by atoms with van der Waals surface area (Å²) in [6.45, 7) is 2.86. The zero-order chi connectivity index (χ0) is 16.7. The number of carbonyl (C=O) groups is 2. The van der Waals surface area contributed by atoms with Gasteiger partial charge >= 0.3 is 6.09 Å². The first-order chi connectivity index (χ1) is 11.6. The highest BCUT2D eigenvalue weighted by atomic mass is 16.6. The maximum absolute atomic E-state index is 12.1. The number of ether oxygens (including phenoxy) is 1. The van der Waals surface area contributed by atoms with Crippen LogP contribution in [0, 0.1) is 0 Å². The van der Waals surface area contributed by atoms with E-state index in [1.165, 1.54) is 6.92 Å². The van der Waals surface area contributed by atoms with Gasteiger partial charge < -0.3 is 15.4 Å². The first-order valence-electron chi connectivity index (χ1n) is 7.83. The van der Waals surface area contributed by atoms with E-state index in [-0.39, 0.29) is 12.0 Å². The fourth-order valence-electron chi connectivity index (χ4n) is 3.11. The Morgan fingerprint density at radius 1 is 1.54 bits per heavy atom. The summed E-state index contributed by atoms with van der Waals surface area (Å²) in [5, 5.41) is 6.01. The summed E-state index contributed by atoms with van der Waals surface area (Å²) in [6, 6.07) is 5.85. The van der Waals surface area contributed by atoms with Crippen LogP contribution in [-0.2, 0) is 9.53 Å². The monoisotopic (exact) mass is 328 g/mol. The van der Waals surface area contributed by atoms with E-state index in [0.29, 0.717) is 19.6 Å². The molecule has 3 heterocycles. The summed E-state index contributed by atoms with van der Waals surface area (Å²) in [4.78, 5) is 30.2. The van der Waals surface area contributed by atoms with Crippen LogP contribution in [0.2, 0.25) is 0 Å². The van der Waals surface area contributed by atoms with Crippen LogP contribution in [0.15, 0.2) is 35.6 Å². The van der Waals surface area contributed by atoms with Crippen molar-refractivity contribution in [2.75, 3.05) is 29.9 Å². The summed E-state index contributed by atoms with van der Waals surface area (Å²) in [5.41, 5.74) is 2.84. The lowest BCUT2D eigenvalue weighted by Gasteiger charge is -2.24. The molecule has 4 rings (SSSR count).